The Balaban J connectivity index is 1.80. The lowest BCUT2D eigenvalue weighted by molar-refractivity contribution is 0.583. The van der Waals surface area contributed by atoms with E-state index in [4.69, 9.17) is 4.42 Å². The summed E-state index contributed by atoms with van der Waals surface area (Å²) >= 11 is 0. The van der Waals surface area contributed by atoms with Crippen LogP contribution >= 0.6 is 0 Å². The van der Waals surface area contributed by atoms with Crippen molar-refractivity contribution in [3.05, 3.63) is 139 Å². The number of benzene rings is 3. The molecule has 0 radical (unpaired) electrons. The summed E-state index contributed by atoms with van der Waals surface area (Å²) in [7, 11) is 0. The molecular formula is C38H33O+. The molecule has 0 N–H and O–H groups in total. The number of aryl methyl sites for hydroxylation is 1. The third kappa shape index (κ3) is 4.77. The van der Waals surface area contributed by atoms with Crippen LogP contribution in [0.5, 0.6) is 0 Å². The second-order valence-electron chi connectivity index (χ2n) is 11.3. The minimum Gasteiger partial charge on any atom is -0.206 e. The third-order valence-corrected chi connectivity index (χ3v) is 7.41. The van der Waals surface area contributed by atoms with Crippen molar-refractivity contribution in [3.63, 3.8) is 0 Å². The van der Waals surface area contributed by atoms with Crippen molar-refractivity contribution >= 4 is 0 Å². The Morgan fingerprint density at radius 3 is 1.67 bits per heavy atom. The monoisotopic (exact) mass is 505 g/mol. The highest BCUT2D eigenvalue weighted by molar-refractivity contribution is 6.00. The van der Waals surface area contributed by atoms with E-state index in [2.05, 4.69) is 149 Å². The van der Waals surface area contributed by atoms with Gasteiger partial charge in [-0.1, -0.05) is 117 Å². The minimum absolute atomic E-state index is 0.0528. The van der Waals surface area contributed by atoms with Crippen molar-refractivity contribution < 1.29 is 4.42 Å². The Morgan fingerprint density at radius 1 is 0.487 bits per heavy atom. The van der Waals surface area contributed by atoms with Crippen molar-refractivity contribution in [2.24, 2.45) is 0 Å². The summed E-state index contributed by atoms with van der Waals surface area (Å²) in [6.07, 6.45) is 0. The van der Waals surface area contributed by atoms with Crippen molar-refractivity contribution in [1.82, 2.24) is 0 Å². The lowest BCUT2D eigenvalue weighted by Crippen LogP contribution is -2.11. The molecule has 1 heteroatoms. The second kappa shape index (κ2) is 10.0. The van der Waals surface area contributed by atoms with Crippen LogP contribution in [0.25, 0.3) is 56.0 Å². The van der Waals surface area contributed by atoms with Gasteiger partial charge in [0.05, 0.1) is 22.8 Å². The molecule has 3 aromatic carbocycles. The molecule has 0 bridgehead atoms. The molecule has 190 valence electrons. The van der Waals surface area contributed by atoms with E-state index in [0.29, 0.717) is 0 Å². The Hall–Kier alpha value is -4.49. The van der Waals surface area contributed by atoms with Crippen LogP contribution in [0.15, 0.2) is 132 Å². The zero-order valence-corrected chi connectivity index (χ0v) is 23.0. The van der Waals surface area contributed by atoms with Gasteiger partial charge in [0.2, 0.25) is 0 Å². The second-order valence-corrected chi connectivity index (χ2v) is 11.3. The van der Waals surface area contributed by atoms with E-state index in [0.717, 1.165) is 33.8 Å². The maximum Gasteiger partial charge on any atom is 0.369 e. The van der Waals surface area contributed by atoms with Crippen molar-refractivity contribution in [2.45, 2.75) is 33.1 Å². The van der Waals surface area contributed by atoms with Crippen molar-refractivity contribution in [3.8, 4) is 56.0 Å². The SMILES string of the molecule is Cc1ccc2cc(C(C)(C)C)c(-c3cc(-c4ccccc4)[o+]c(-c4ccccc4)c3-c3ccccc3)c-2cc1. The van der Waals surface area contributed by atoms with Crippen LogP contribution < -0.4 is 0 Å². The molecule has 0 unspecified atom stereocenters. The van der Waals surface area contributed by atoms with Gasteiger partial charge in [0.1, 0.15) is 0 Å². The van der Waals surface area contributed by atoms with Crippen LogP contribution in [0.2, 0.25) is 0 Å². The minimum atomic E-state index is -0.0528. The number of rotatable bonds is 4. The molecule has 0 aliphatic heterocycles. The van der Waals surface area contributed by atoms with E-state index >= 15 is 0 Å². The fraction of sp³-hybridized carbons (Fsp3) is 0.132. The van der Waals surface area contributed by atoms with E-state index in [1.54, 1.807) is 0 Å². The van der Waals surface area contributed by atoms with Gasteiger partial charge in [0, 0.05) is 5.56 Å². The standard InChI is InChI=1S/C38H33O/c1-26-20-22-30-24-33(38(2,3)4)36(31(30)23-21-26)32-25-34(27-14-8-5-9-15-27)39-37(29-18-12-7-13-19-29)35(32)28-16-10-6-11-17-28/h5-25H,1-4H3/q+1. The van der Waals surface area contributed by atoms with Gasteiger partial charge in [-0.05, 0) is 70.5 Å². The molecular weight excluding hydrogens is 472 g/mol. The van der Waals surface area contributed by atoms with Gasteiger partial charge in [-0.15, -0.1) is 0 Å². The fourth-order valence-corrected chi connectivity index (χ4v) is 5.43. The highest BCUT2D eigenvalue weighted by Gasteiger charge is 2.33. The summed E-state index contributed by atoms with van der Waals surface area (Å²) < 4.78 is 6.85. The summed E-state index contributed by atoms with van der Waals surface area (Å²) in [6.45, 7) is 9.08. The topological polar surface area (TPSA) is 11.3 Å². The molecule has 0 fully saturated rings. The molecule has 1 heterocycles. The Bertz CT molecular complexity index is 1710. The maximum absolute atomic E-state index is 6.85. The summed E-state index contributed by atoms with van der Waals surface area (Å²) in [6, 6.07) is 45.2. The van der Waals surface area contributed by atoms with E-state index in [-0.39, 0.29) is 5.41 Å². The van der Waals surface area contributed by atoms with Gasteiger partial charge >= 0.3 is 11.5 Å². The Kier molecular flexibility index (Phi) is 6.37. The van der Waals surface area contributed by atoms with E-state index in [9.17, 15) is 0 Å². The Morgan fingerprint density at radius 2 is 1.05 bits per heavy atom. The summed E-state index contributed by atoms with van der Waals surface area (Å²) in [5.41, 5.74) is 11.9. The average molecular weight is 506 g/mol. The lowest BCUT2D eigenvalue weighted by atomic mass is 9.81. The first kappa shape index (κ1) is 24.8. The molecule has 0 spiro atoms. The largest absolute Gasteiger partial charge is 0.369 e. The number of hydrogen-bond acceptors (Lipinski definition) is 0. The van der Waals surface area contributed by atoms with E-state index in [1.807, 2.05) is 6.07 Å². The van der Waals surface area contributed by atoms with Gasteiger partial charge in [0.25, 0.3) is 0 Å². The van der Waals surface area contributed by atoms with Crippen LogP contribution in [-0.4, -0.2) is 0 Å². The van der Waals surface area contributed by atoms with Crippen LogP contribution in [0.1, 0.15) is 31.9 Å². The molecule has 0 atom stereocenters. The van der Waals surface area contributed by atoms with Crippen LogP contribution in [-0.2, 0) is 5.41 Å². The maximum atomic E-state index is 6.85. The van der Waals surface area contributed by atoms with E-state index in [1.165, 1.54) is 33.4 Å². The average Bonchev–Trinajstić information content (AvgIpc) is 3.25. The number of fused-ring (bicyclic) bond motifs is 1. The molecule has 0 saturated heterocycles. The van der Waals surface area contributed by atoms with E-state index < -0.39 is 0 Å². The summed E-state index contributed by atoms with van der Waals surface area (Å²) in [5, 5.41) is 0. The molecule has 2 aliphatic rings. The smallest absolute Gasteiger partial charge is 0.206 e. The van der Waals surface area contributed by atoms with Gasteiger partial charge in [-0.2, -0.15) is 0 Å². The predicted octanol–water partition coefficient (Wildman–Crippen LogP) is 10.9. The van der Waals surface area contributed by atoms with Crippen molar-refractivity contribution in [2.75, 3.05) is 0 Å². The highest BCUT2D eigenvalue weighted by Crippen LogP contribution is 2.50. The number of hydrogen-bond donors (Lipinski definition) is 0. The lowest BCUT2D eigenvalue weighted by Gasteiger charge is -2.21. The molecule has 1 aromatic heterocycles. The molecule has 0 saturated carbocycles. The molecule has 0 amide bonds. The van der Waals surface area contributed by atoms with Gasteiger partial charge in [-0.25, -0.2) is 4.42 Å². The first-order valence-electron chi connectivity index (χ1n) is 13.6. The highest BCUT2D eigenvalue weighted by atomic mass is 16.3. The van der Waals surface area contributed by atoms with Crippen LogP contribution in [0, 0.1) is 6.92 Å². The fourth-order valence-electron chi connectivity index (χ4n) is 5.43. The van der Waals surface area contributed by atoms with Gasteiger partial charge in [0.15, 0.2) is 0 Å². The first-order chi connectivity index (χ1) is 18.9. The first-order valence-corrected chi connectivity index (χ1v) is 13.6. The quantitative estimate of drug-likeness (QED) is 0.217. The Labute approximate surface area is 231 Å². The third-order valence-electron chi connectivity index (χ3n) is 7.41. The molecule has 1 nitrogen and oxygen atoms in total. The predicted molar refractivity (Wildman–Crippen MR) is 165 cm³/mol. The zero-order chi connectivity index (χ0) is 27.0. The molecule has 4 aromatic rings. The molecule has 2 aliphatic carbocycles. The molecule has 6 rings (SSSR count). The zero-order valence-electron chi connectivity index (χ0n) is 23.0. The van der Waals surface area contributed by atoms with Gasteiger partial charge in [-0.3, -0.25) is 0 Å². The van der Waals surface area contributed by atoms with Crippen molar-refractivity contribution in [1.29, 1.82) is 0 Å². The molecule has 39 heavy (non-hydrogen) atoms. The van der Waals surface area contributed by atoms with Crippen LogP contribution in [0.4, 0.5) is 0 Å². The van der Waals surface area contributed by atoms with Gasteiger partial charge < -0.3 is 0 Å². The normalized spacial score (nSPS) is 11.6. The summed E-state index contributed by atoms with van der Waals surface area (Å²) in [4.78, 5) is 0. The van der Waals surface area contributed by atoms with Crippen LogP contribution in [0.3, 0.4) is 0 Å². The summed E-state index contributed by atoms with van der Waals surface area (Å²) in [5.74, 6) is 1.73.